The summed E-state index contributed by atoms with van der Waals surface area (Å²) in [6, 6.07) is 7.06. The first-order chi connectivity index (χ1) is 10.3. The van der Waals surface area contributed by atoms with Gasteiger partial charge in [0.2, 0.25) is 0 Å². The van der Waals surface area contributed by atoms with Crippen LogP contribution in [0.5, 0.6) is 0 Å². The Morgan fingerprint density at radius 3 is 1.76 bits per heavy atom. The average molecular weight is 308 g/mol. The minimum absolute atomic E-state index is 0.141. The van der Waals surface area contributed by atoms with Gasteiger partial charge < -0.3 is 0 Å². The van der Waals surface area contributed by atoms with Gasteiger partial charge in [-0.3, -0.25) is 14.5 Å². The van der Waals surface area contributed by atoms with E-state index in [9.17, 15) is 9.59 Å². The van der Waals surface area contributed by atoms with Crippen molar-refractivity contribution in [2.45, 2.75) is 44.9 Å². The Balaban J connectivity index is 1.69. The van der Waals surface area contributed by atoms with Gasteiger partial charge in [0.1, 0.15) is 0 Å². The fourth-order valence-corrected chi connectivity index (χ4v) is 2.88. The molecule has 1 aliphatic rings. The third kappa shape index (κ3) is 4.07. The van der Waals surface area contributed by atoms with Crippen LogP contribution in [-0.2, 0) is 0 Å². The van der Waals surface area contributed by atoms with Crippen molar-refractivity contribution < 1.29 is 9.59 Å². The molecule has 21 heavy (non-hydrogen) atoms. The van der Waals surface area contributed by atoms with Gasteiger partial charge >= 0.3 is 0 Å². The van der Waals surface area contributed by atoms with Crippen LogP contribution in [0.15, 0.2) is 24.3 Å². The molecule has 0 aliphatic carbocycles. The third-order valence-corrected chi connectivity index (χ3v) is 4.16. The number of alkyl halides is 1. The number of unbranched alkanes of at least 4 members (excludes halogenated alkanes) is 6. The van der Waals surface area contributed by atoms with Gasteiger partial charge in [-0.15, -0.1) is 11.6 Å². The van der Waals surface area contributed by atoms with Crippen LogP contribution in [0, 0.1) is 0 Å². The number of nitrogens with zero attached hydrogens (tertiary/aromatic N) is 1. The minimum atomic E-state index is -0.141. The van der Waals surface area contributed by atoms with Crippen molar-refractivity contribution in [3.63, 3.8) is 0 Å². The van der Waals surface area contributed by atoms with Crippen LogP contribution in [0.1, 0.15) is 65.7 Å². The van der Waals surface area contributed by atoms with Gasteiger partial charge in [0.05, 0.1) is 11.1 Å². The molecular formula is C17H22ClNO2. The second-order valence-electron chi connectivity index (χ2n) is 5.47. The standard InChI is InChI=1S/C17H22ClNO2/c18-12-8-4-2-1-3-5-9-13-19-16(20)14-10-6-7-11-15(14)17(19)21/h6-7,10-11H,1-5,8-9,12-13H2. The molecule has 4 heteroatoms. The van der Waals surface area contributed by atoms with Gasteiger partial charge in [-0.25, -0.2) is 0 Å². The third-order valence-electron chi connectivity index (χ3n) is 3.89. The van der Waals surface area contributed by atoms with Crippen LogP contribution in [0.25, 0.3) is 0 Å². The highest BCUT2D eigenvalue weighted by Crippen LogP contribution is 2.22. The summed E-state index contributed by atoms with van der Waals surface area (Å²) >= 11 is 5.63. The van der Waals surface area contributed by atoms with E-state index in [2.05, 4.69) is 0 Å². The second kappa shape index (κ2) is 8.18. The first-order valence-corrected chi connectivity index (χ1v) is 8.30. The van der Waals surface area contributed by atoms with Crippen LogP contribution in [-0.4, -0.2) is 29.1 Å². The van der Waals surface area contributed by atoms with Crippen LogP contribution in [0.4, 0.5) is 0 Å². The van der Waals surface area contributed by atoms with Crippen molar-refractivity contribution in [3.05, 3.63) is 35.4 Å². The molecule has 0 fully saturated rings. The Kier molecular flexibility index (Phi) is 6.24. The van der Waals surface area contributed by atoms with Gasteiger partial charge in [0.25, 0.3) is 11.8 Å². The molecule has 0 saturated heterocycles. The molecule has 1 aromatic rings. The second-order valence-corrected chi connectivity index (χ2v) is 5.85. The maximum Gasteiger partial charge on any atom is 0.261 e. The van der Waals surface area contributed by atoms with Crippen LogP contribution < -0.4 is 0 Å². The highest BCUT2D eigenvalue weighted by Gasteiger charge is 2.34. The molecule has 0 spiro atoms. The normalized spacial score (nSPS) is 13.9. The van der Waals surface area contributed by atoms with E-state index in [1.807, 2.05) is 0 Å². The van der Waals surface area contributed by atoms with Gasteiger partial charge in [0.15, 0.2) is 0 Å². The monoisotopic (exact) mass is 307 g/mol. The van der Waals surface area contributed by atoms with Gasteiger partial charge in [0, 0.05) is 12.4 Å². The van der Waals surface area contributed by atoms with E-state index >= 15 is 0 Å². The quantitative estimate of drug-likeness (QED) is 0.388. The summed E-state index contributed by atoms with van der Waals surface area (Å²) in [7, 11) is 0. The molecule has 0 aromatic heterocycles. The molecule has 0 N–H and O–H groups in total. The molecule has 1 aromatic carbocycles. The number of rotatable bonds is 9. The maximum atomic E-state index is 12.1. The number of carbonyl (C=O) groups excluding carboxylic acids is 2. The van der Waals surface area contributed by atoms with Crippen LogP contribution in [0.2, 0.25) is 0 Å². The van der Waals surface area contributed by atoms with E-state index in [0.717, 1.165) is 31.6 Å². The lowest BCUT2D eigenvalue weighted by Crippen LogP contribution is -2.30. The zero-order valence-electron chi connectivity index (χ0n) is 12.3. The summed E-state index contributed by atoms with van der Waals surface area (Å²) in [6.07, 6.45) is 7.83. The summed E-state index contributed by atoms with van der Waals surface area (Å²) < 4.78 is 0. The SMILES string of the molecule is O=C1c2ccccc2C(=O)N1CCCCCCCCCCl. The van der Waals surface area contributed by atoms with Crippen molar-refractivity contribution in [3.8, 4) is 0 Å². The molecule has 2 rings (SSSR count). The number of benzene rings is 1. The molecule has 1 aliphatic heterocycles. The lowest BCUT2D eigenvalue weighted by molar-refractivity contribution is 0.0651. The number of amides is 2. The van der Waals surface area contributed by atoms with Crippen molar-refractivity contribution in [1.82, 2.24) is 4.90 Å². The predicted octanol–water partition coefficient (Wildman–Crippen LogP) is 4.25. The Hall–Kier alpha value is -1.35. The first-order valence-electron chi connectivity index (χ1n) is 7.77. The average Bonchev–Trinajstić information content (AvgIpc) is 2.75. The lowest BCUT2D eigenvalue weighted by Gasteiger charge is -2.13. The largest absolute Gasteiger partial charge is 0.274 e. The summed E-state index contributed by atoms with van der Waals surface area (Å²) in [5, 5.41) is 0. The highest BCUT2D eigenvalue weighted by molar-refractivity contribution is 6.21. The van der Waals surface area contributed by atoms with E-state index in [-0.39, 0.29) is 11.8 Å². The number of fused-ring (bicyclic) bond motifs is 1. The first kappa shape index (κ1) is 16.0. The molecule has 0 saturated carbocycles. The van der Waals surface area contributed by atoms with Crippen molar-refractivity contribution in [2.75, 3.05) is 12.4 Å². The van der Waals surface area contributed by atoms with E-state index in [0.29, 0.717) is 17.7 Å². The Morgan fingerprint density at radius 1 is 0.762 bits per heavy atom. The molecule has 114 valence electrons. The fourth-order valence-electron chi connectivity index (χ4n) is 2.69. The van der Waals surface area contributed by atoms with E-state index in [1.165, 1.54) is 24.2 Å². The molecular weight excluding hydrogens is 286 g/mol. The zero-order valence-corrected chi connectivity index (χ0v) is 13.1. The number of halogens is 1. The lowest BCUT2D eigenvalue weighted by atomic mass is 10.1. The van der Waals surface area contributed by atoms with Crippen LogP contribution >= 0.6 is 11.6 Å². The molecule has 0 bridgehead atoms. The van der Waals surface area contributed by atoms with Gasteiger partial charge in [-0.2, -0.15) is 0 Å². The number of imide groups is 1. The zero-order chi connectivity index (χ0) is 15.1. The Morgan fingerprint density at radius 2 is 1.24 bits per heavy atom. The van der Waals surface area contributed by atoms with E-state index < -0.39 is 0 Å². The summed E-state index contributed by atoms with van der Waals surface area (Å²) in [6.45, 7) is 0.536. The molecule has 0 radical (unpaired) electrons. The van der Waals surface area contributed by atoms with E-state index in [1.54, 1.807) is 24.3 Å². The smallest absolute Gasteiger partial charge is 0.261 e. The Bertz CT molecular complexity index is 466. The summed E-state index contributed by atoms with van der Waals surface area (Å²) in [5.74, 6) is 0.468. The van der Waals surface area contributed by atoms with Crippen molar-refractivity contribution in [1.29, 1.82) is 0 Å². The predicted molar refractivity (Wildman–Crippen MR) is 84.8 cm³/mol. The molecule has 0 unspecified atom stereocenters. The fraction of sp³-hybridized carbons (Fsp3) is 0.529. The number of hydrogen-bond acceptors (Lipinski definition) is 2. The minimum Gasteiger partial charge on any atom is -0.274 e. The van der Waals surface area contributed by atoms with Gasteiger partial charge in [-0.1, -0.05) is 44.2 Å². The number of carbonyl (C=O) groups is 2. The highest BCUT2D eigenvalue weighted by atomic mass is 35.5. The van der Waals surface area contributed by atoms with Gasteiger partial charge in [-0.05, 0) is 25.0 Å². The molecule has 0 atom stereocenters. The Labute approximate surface area is 131 Å². The molecule has 2 amide bonds. The molecule has 3 nitrogen and oxygen atoms in total. The van der Waals surface area contributed by atoms with Crippen LogP contribution in [0.3, 0.4) is 0 Å². The molecule has 1 heterocycles. The van der Waals surface area contributed by atoms with E-state index in [4.69, 9.17) is 11.6 Å². The maximum absolute atomic E-state index is 12.1. The summed E-state index contributed by atoms with van der Waals surface area (Å²) in [4.78, 5) is 25.7. The topological polar surface area (TPSA) is 37.4 Å². The number of hydrogen-bond donors (Lipinski definition) is 0. The summed E-state index contributed by atoms with van der Waals surface area (Å²) in [5.41, 5.74) is 1.09. The van der Waals surface area contributed by atoms with Crippen molar-refractivity contribution in [2.24, 2.45) is 0 Å². The van der Waals surface area contributed by atoms with Crippen molar-refractivity contribution >= 4 is 23.4 Å².